The van der Waals surface area contributed by atoms with Crippen molar-refractivity contribution in [1.29, 1.82) is 0 Å². The van der Waals surface area contributed by atoms with Crippen molar-refractivity contribution in [1.82, 2.24) is 19.0 Å². The number of sulfonamides is 1. The summed E-state index contributed by atoms with van der Waals surface area (Å²) in [4.78, 5) is 13.1. The fraction of sp³-hybridized carbons (Fsp3) is 0.636. The van der Waals surface area contributed by atoms with Gasteiger partial charge in [-0.25, -0.2) is 26.3 Å². The molecule has 1 aromatic rings. The number of carbonyl (C=O) groups excluding carboxylic acids is 1. The number of rotatable bonds is 6. The van der Waals surface area contributed by atoms with E-state index in [4.69, 9.17) is 0 Å². The Morgan fingerprint density at radius 2 is 2.00 bits per heavy atom. The molecular formula is C11H19F2N5O3S. The maximum atomic E-state index is 12.8. The first kappa shape index (κ1) is 18.3. The number of alkyl halides is 2. The van der Waals surface area contributed by atoms with Gasteiger partial charge in [-0.1, -0.05) is 0 Å². The molecule has 0 aliphatic rings. The molecule has 1 aromatic heterocycles. The van der Waals surface area contributed by atoms with Gasteiger partial charge in [-0.3, -0.25) is 4.68 Å². The number of halogens is 2. The van der Waals surface area contributed by atoms with Gasteiger partial charge >= 0.3 is 6.03 Å². The quantitative estimate of drug-likeness (QED) is 0.827. The lowest BCUT2D eigenvalue weighted by atomic mass is 10.4. The standard InChI is InChI=1S/C11H19F2N5O3S/c1-16(5-6-18(3)22(4,20)21)11(19)14-8-7-17(2)15-9(8)10(12)13/h7,10H,5-6H2,1-4H3,(H,14,19). The Balaban J connectivity index is 2.65. The van der Waals surface area contributed by atoms with Crippen LogP contribution >= 0.6 is 0 Å². The number of nitrogens with zero attached hydrogens (tertiary/aromatic N) is 4. The van der Waals surface area contributed by atoms with E-state index in [0.29, 0.717) is 0 Å². The summed E-state index contributed by atoms with van der Waals surface area (Å²) in [5.41, 5.74) is -0.594. The van der Waals surface area contributed by atoms with E-state index in [1.54, 1.807) is 0 Å². The molecule has 1 heterocycles. The fourth-order valence-corrected chi connectivity index (χ4v) is 1.95. The SMILES string of the molecule is CN(CCN(C)S(C)(=O)=O)C(=O)Nc1cn(C)nc1C(F)F. The van der Waals surface area contributed by atoms with Crippen LogP contribution in [0, 0.1) is 0 Å². The second kappa shape index (κ2) is 7.01. The zero-order valence-corrected chi connectivity index (χ0v) is 13.6. The highest BCUT2D eigenvalue weighted by Crippen LogP contribution is 2.25. The van der Waals surface area contributed by atoms with Crippen molar-refractivity contribution in [3.63, 3.8) is 0 Å². The molecule has 126 valence electrons. The van der Waals surface area contributed by atoms with Crippen LogP contribution in [0.1, 0.15) is 12.1 Å². The molecule has 0 aliphatic carbocycles. The number of amides is 2. The highest BCUT2D eigenvalue weighted by molar-refractivity contribution is 7.88. The number of nitrogens with one attached hydrogen (secondary N) is 1. The Hall–Kier alpha value is -1.75. The number of hydrogen-bond donors (Lipinski definition) is 1. The van der Waals surface area contributed by atoms with Crippen LogP contribution < -0.4 is 5.32 Å². The van der Waals surface area contributed by atoms with Crippen LogP contribution in [0.25, 0.3) is 0 Å². The number of urea groups is 1. The topological polar surface area (TPSA) is 87.5 Å². The number of anilines is 1. The Morgan fingerprint density at radius 1 is 1.41 bits per heavy atom. The van der Waals surface area contributed by atoms with Gasteiger partial charge in [-0.15, -0.1) is 0 Å². The minimum absolute atomic E-state index is 0.0779. The van der Waals surface area contributed by atoms with E-state index in [9.17, 15) is 22.0 Å². The molecule has 22 heavy (non-hydrogen) atoms. The maximum absolute atomic E-state index is 12.8. The molecule has 11 heteroatoms. The lowest BCUT2D eigenvalue weighted by molar-refractivity contribution is 0.146. The van der Waals surface area contributed by atoms with Crippen LogP contribution in [0.3, 0.4) is 0 Å². The molecule has 1 rings (SSSR count). The number of hydrogen-bond acceptors (Lipinski definition) is 4. The molecule has 0 atom stereocenters. The van der Waals surface area contributed by atoms with Crippen LogP contribution in [-0.2, 0) is 17.1 Å². The molecule has 1 N–H and O–H groups in total. The lowest BCUT2D eigenvalue weighted by Crippen LogP contribution is -2.38. The normalized spacial score (nSPS) is 12.0. The summed E-state index contributed by atoms with van der Waals surface area (Å²) in [6.07, 6.45) is -0.480. The molecule has 0 saturated carbocycles. The second-order valence-corrected chi connectivity index (χ2v) is 6.93. The van der Waals surface area contributed by atoms with Gasteiger partial charge in [0, 0.05) is 40.4 Å². The van der Waals surface area contributed by atoms with Crippen LogP contribution in [0.15, 0.2) is 6.20 Å². The summed E-state index contributed by atoms with van der Waals surface area (Å²) >= 11 is 0. The van der Waals surface area contributed by atoms with Crippen LogP contribution in [0.4, 0.5) is 19.3 Å². The van der Waals surface area contributed by atoms with Crippen molar-refractivity contribution in [2.45, 2.75) is 6.43 Å². The van der Waals surface area contributed by atoms with Gasteiger partial charge in [-0.2, -0.15) is 5.10 Å². The predicted molar refractivity (Wildman–Crippen MR) is 77.3 cm³/mol. The van der Waals surface area contributed by atoms with Gasteiger partial charge in [0.05, 0.1) is 11.9 Å². The van der Waals surface area contributed by atoms with E-state index in [-0.39, 0.29) is 18.8 Å². The van der Waals surface area contributed by atoms with Gasteiger partial charge in [0.1, 0.15) is 0 Å². The van der Waals surface area contributed by atoms with Crippen molar-refractivity contribution in [2.75, 3.05) is 38.8 Å². The number of aryl methyl sites for hydroxylation is 1. The monoisotopic (exact) mass is 339 g/mol. The molecule has 0 saturated heterocycles. The zero-order valence-electron chi connectivity index (χ0n) is 12.7. The number of carbonyl (C=O) groups is 1. The summed E-state index contributed by atoms with van der Waals surface area (Å²) in [5.74, 6) is 0. The summed E-state index contributed by atoms with van der Waals surface area (Å²) < 4.78 is 50.3. The third-order valence-corrected chi connectivity index (χ3v) is 4.28. The van der Waals surface area contributed by atoms with Crippen molar-refractivity contribution in [3.05, 3.63) is 11.9 Å². The van der Waals surface area contributed by atoms with Crippen LogP contribution in [-0.4, -0.2) is 66.9 Å². The number of likely N-dealkylation sites (N-methyl/N-ethyl adjacent to an activating group) is 2. The number of aromatic nitrogens is 2. The summed E-state index contributed by atoms with van der Waals surface area (Å²) in [5, 5.41) is 5.91. The molecular weight excluding hydrogens is 320 g/mol. The van der Waals surface area contributed by atoms with Crippen LogP contribution in [0.5, 0.6) is 0 Å². The van der Waals surface area contributed by atoms with E-state index in [1.165, 1.54) is 36.9 Å². The minimum Gasteiger partial charge on any atom is -0.326 e. The first-order valence-corrected chi connectivity index (χ1v) is 8.12. The van der Waals surface area contributed by atoms with E-state index in [1.807, 2.05) is 0 Å². The Labute approximate surface area is 127 Å². The average Bonchev–Trinajstić information content (AvgIpc) is 2.75. The van der Waals surface area contributed by atoms with Gasteiger partial charge in [0.2, 0.25) is 10.0 Å². The van der Waals surface area contributed by atoms with Crippen LogP contribution in [0.2, 0.25) is 0 Å². The minimum atomic E-state index is -3.34. The van der Waals surface area contributed by atoms with Crippen molar-refractivity contribution >= 4 is 21.7 Å². The molecule has 0 radical (unpaired) electrons. The Bertz CT molecular complexity index is 632. The van der Waals surface area contributed by atoms with Gasteiger partial charge in [-0.05, 0) is 0 Å². The molecule has 2 amide bonds. The summed E-state index contributed by atoms with van der Waals surface area (Å²) in [6.45, 7) is 0.206. The summed E-state index contributed by atoms with van der Waals surface area (Å²) in [7, 11) is 0.950. The highest BCUT2D eigenvalue weighted by Gasteiger charge is 2.21. The zero-order chi connectivity index (χ0) is 17.1. The van der Waals surface area contributed by atoms with Gasteiger partial charge in [0.25, 0.3) is 6.43 Å². The smallest absolute Gasteiger partial charge is 0.321 e. The van der Waals surface area contributed by atoms with E-state index >= 15 is 0 Å². The maximum Gasteiger partial charge on any atom is 0.321 e. The molecule has 0 unspecified atom stereocenters. The van der Waals surface area contributed by atoms with Crippen molar-refractivity contribution in [2.24, 2.45) is 7.05 Å². The highest BCUT2D eigenvalue weighted by atomic mass is 32.2. The van der Waals surface area contributed by atoms with E-state index in [2.05, 4.69) is 10.4 Å². The van der Waals surface area contributed by atoms with E-state index < -0.39 is 28.2 Å². The largest absolute Gasteiger partial charge is 0.326 e. The Kier molecular flexibility index (Phi) is 5.83. The Morgan fingerprint density at radius 3 is 2.50 bits per heavy atom. The molecule has 0 bridgehead atoms. The summed E-state index contributed by atoms with van der Waals surface area (Å²) in [6, 6.07) is -0.628. The molecule has 0 spiro atoms. The molecule has 0 aromatic carbocycles. The molecule has 0 fully saturated rings. The molecule has 8 nitrogen and oxygen atoms in total. The van der Waals surface area contributed by atoms with Gasteiger partial charge in [0.15, 0.2) is 5.69 Å². The first-order valence-electron chi connectivity index (χ1n) is 6.27. The third kappa shape index (κ3) is 4.91. The van der Waals surface area contributed by atoms with Crippen molar-refractivity contribution in [3.8, 4) is 0 Å². The average molecular weight is 339 g/mol. The second-order valence-electron chi connectivity index (χ2n) is 4.84. The molecule has 0 aliphatic heterocycles. The van der Waals surface area contributed by atoms with Gasteiger partial charge < -0.3 is 10.2 Å². The van der Waals surface area contributed by atoms with Crippen molar-refractivity contribution < 1.29 is 22.0 Å². The third-order valence-electron chi connectivity index (χ3n) is 2.97. The lowest BCUT2D eigenvalue weighted by Gasteiger charge is -2.21. The fourth-order valence-electron chi connectivity index (χ4n) is 1.53. The first-order chi connectivity index (χ1) is 10.0. The predicted octanol–water partition coefficient (Wildman–Crippen LogP) is 0.713. The van der Waals surface area contributed by atoms with E-state index in [0.717, 1.165) is 10.6 Å².